The summed E-state index contributed by atoms with van der Waals surface area (Å²) < 4.78 is 10.6. The molecule has 0 atom stereocenters. The molecule has 1 saturated carbocycles. The van der Waals surface area contributed by atoms with Gasteiger partial charge in [0.2, 0.25) is 6.79 Å². The van der Waals surface area contributed by atoms with Gasteiger partial charge in [-0.15, -0.1) is 0 Å². The second-order valence-corrected chi connectivity index (χ2v) is 6.16. The van der Waals surface area contributed by atoms with Gasteiger partial charge in [0, 0.05) is 11.8 Å². The molecule has 5 heteroatoms. The predicted molar refractivity (Wildman–Crippen MR) is 84.1 cm³/mol. The van der Waals surface area contributed by atoms with E-state index in [9.17, 15) is 4.79 Å². The first kappa shape index (κ1) is 15.2. The third-order valence-electron chi connectivity index (χ3n) is 4.44. The van der Waals surface area contributed by atoms with Crippen LogP contribution >= 0.6 is 0 Å². The smallest absolute Gasteiger partial charge is 0.279 e. The van der Waals surface area contributed by atoms with E-state index in [1.807, 2.05) is 18.2 Å². The highest BCUT2D eigenvalue weighted by Crippen LogP contribution is 2.34. The first-order valence-electron chi connectivity index (χ1n) is 8.34. The molecule has 0 radical (unpaired) electrons. The molecule has 1 aromatic rings. The normalized spacial score (nSPS) is 18.5. The van der Waals surface area contributed by atoms with Crippen LogP contribution in [0.2, 0.25) is 0 Å². The van der Waals surface area contributed by atoms with Gasteiger partial charge in [0.1, 0.15) is 0 Å². The number of fused-ring (bicyclic) bond motifs is 1. The van der Waals surface area contributed by atoms with Crippen LogP contribution in [0.15, 0.2) is 18.2 Å². The second kappa shape index (κ2) is 7.49. The first-order valence-corrected chi connectivity index (χ1v) is 8.34. The average molecular weight is 305 g/mol. The molecule has 1 aromatic carbocycles. The molecule has 0 bridgehead atoms. The lowest BCUT2D eigenvalue weighted by molar-refractivity contribution is -0.680. The Labute approximate surface area is 131 Å². The number of hydrogen-bond acceptors (Lipinski definition) is 3. The van der Waals surface area contributed by atoms with Crippen molar-refractivity contribution < 1.29 is 19.6 Å². The van der Waals surface area contributed by atoms with E-state index in [-0.39, 0.29) is 12.7 Å². The van der Waals surface area contributed by atoms with Crippen LogP contribution in [0.3, 0.4) is 0 Å². The Hall–Kier alpha value is -1.75. The van der Waals surface area contributed by atoms with E-state index in [2.05, 4.69) is 10.6 Å². The van der Waals surface area contributed by atoms with Crippen LogP contribution in [0, 0.1) is 0 Å². The number of nitrogens with one attached hydrogen (secondary N) is 1. The average Bonchev–Trinajstić information content (AvgIpc) is 2.93. The molecule has 0 saturated heterocycles. The van der Waals surface area contributed by atoms with Crippen LogP contribution in [0.1, 0.15) is 44.9 Å². The number of quaternary nitrogens is 1. The molecule has 1 fully saturated rings. The minimum absolute atomic E-state index is 0.0425. The van der Waals surface area contributed by atoms with Gasteiger partial charge in [-0.3, -0.25) is 4.79 Å². The van der Waals surface area contributed by atoms with E-state index < -0.39 is 0 Å². The first-order chi connectivity index (χ1) is 10.8. The molecular formula is C17H25N2O3+. The molecule has 0 unspecified atom stereocenters. The van der Waals surface area contributed by atoms with Crippen molar-refractivity contribution in [2.45, 2.75) is 51.0 Å². The molecule has 1 heterocycles. The zero-order valence-corrected chi connectivity index (χ0v) is 13.0. The zero-order chi connectivity index (χ0) is 15.2. The fourth-order valence-electron chi connectivity index (χ4n) is 3.18. The predicted octanol–water partition coefficient (Wildman–Crippen LogP) is 2.03. The summed E-state index contributed by atoms with van der Waals surface area (Å²) in [6, 6.07) is 6.09. The van der Waals surface area contributed by atoms with E-state index in [0.29, 0.717) is 18.3 Å². The fourth-order valence-corrected chi connectivity index (χ4v) is 3.18. The molecule has 3 N–H and O–H groups in total. The van der Waals surface area contributed by atoms with E-state index in [1.165, 1.54) is 44.9 Å². The summed E-state index contributed by atoms with van der Waals surface area (Å²) in [7, 11) is 0. The summed E-state index contributed by atoms with van der Waals surface area (Å²) in [5.74, 6) is 1.47. The molecular weight excluding hydrogens is 280 g/mol. The zero-order valence-electron chi connectivity index (χ0n) is 13.0. The van der Waals surface area contributed by atoms with E-state index >= 15 is 0 Å². The van der Waals surface area contributed by atoms with Crippen LogP contribution in [-0.2, 0) is 4.79 Å². The van der Waals surface area contributed by atoms with Gasteiger partial charge in [-0.2, -0.15) is 0 Å². The highest BCUT2D eigenvalue weighted by atomic mass is 16.7. The standard InChI is InChI=1S/C17H24N2O3/c20-17(11-18-13-6-4-2-1-3-5-7-13)19-14-8-9-15-16(10-14)22-12-21-15/h8-10,13,18H,1-7,11-12H2,(H,19,20)/p+1. The van der Waals surface area contributed by atoms with Crippen LogP contribution in [0.5, 0.6) is 11.5 Å². The SMILES string of the molecule is O=C(C[NH2+]C1CCCCCCC1)Nc1ccc2c(c1)OCO2. The van der Waals surface area contributed by atoms with Gasteiger partial charge < -0.3 is 20.1 Å². The molecule has 0 aromatic heterocycles. The number of carbonyl (C=O) groups is 1. The Balaban J connectivity index is 1.45. The minimum atomic E-state index is 0.0425. The van der Waals surface area contributed by atoms with Gasteiger partial charge in [0.15, 0.2) is 18.0 Å². The van der Waals surface area contributed by atoms with Crippen LogP contribution in [0.25, 0.3) is 0 Å². The van der Waals surface area contributed by atoms with Crippen molar-refractivity contribution in [3.05, 3.63) is 18.2 Å². The van der Waals surface area contributed by atoms with Crippen LogP contribution in [-0.4, -0.2) is 25.3 Å². The van der Waals surface area contributed by atoms with Crippen LogP contribution < -0.4 is 20.1 Å². The van der Waals surface area contributed by atoms with E-state index in [4.69, 9.17) is 9.47 Å². The lowest BCUT2D eigenvalue weighted by Gasteiger charge is -2.18. The minimum Gasteiger partial charge on any atom is -0.454 e. The van der Waals surface area contributed by atoms with Gasteiger partial charge in [-0.1, -0.05) is 19.3 Å². The highest BCUT2D eigenvalue weighted by molar-refractivity contribution is 5.91. The molecule has 2 aliphatic rings. The number of benzene rings is 1. The second-order valence-electron chi connectivity index (χ2n) is 6.16. The van der Waals surface area contributed by atoms with Gasteiger partial charge >= 0.3 is 0 Å². The maximum Gasteiger partial charge on any atom is 0.279 e. The molecule has 3 rings (SSSR count). The monoisotopic (exact) mass is 305 g/mol. The summed E-state index contributed by atoms with van der Waals surface area (Å²) in [5, 5.41) is 5.14. The topological polar surface area (TPSA) is 64.2 Å². The molecule has 120 valence electrons. The summed E-state index contributed by atoms with van der Waals surface area (Å²) in [6.07, 6.45) is 9.11. The van der Waals surface area contributed by atoms with E-state index in [0.717, 1.165) is 11.4 Å². The number of nitrogens with two attached hydrogens (primary N) is 1. The highest BCUT2D eigenvalue weighted by Gasteiger charge is 2.17. The molecule has 1 aliphatic heterocycles. The van der Waals surface area contributed by atoms with Crippen molar-refractivity contribution in [2.24, 2.45) is 0 Å². The lowest BCUT2D eigenvalue weighted by Crippen LogP contribution is -2.91. The van der Waals surface area contributed by atoms with Crippen molar-refractivity contribution in [2.75, 3.05) is 18.7 Å². The number of amides is 1. The lowest BCUT2D eigenvalue weighted by atomic mass is 9.97. The van der Waals surface area contributed by atoms with Crippen molar-refractivity contribution in [1.29, 1.82) is 0 Å². The number of ether oxygens (including phenoxy) is 2. The Morgan fingerprint density at radius 2 is 1.82 bits per heavy atom. The Morgan fingerprint density at radius 1 is 1.09 bits per heavy atom. The van der Waals surface area contributed by atoms with Gasteiger partial charge in [-0.25, -0.2) is 0 Å². The van der Waals surface area contributed by atoms with Gasteiger partial charge in [0.25, 0.3) is 5.91 Å². The molecule has 1 aliphatic carbocycles. The number of hydrogen-bond donors (Lipinski definition) is 2. The maximum atomic E-state index is 12.1. The Morgan fingerprint density at radius 3 is 2.64 bits per heavy atom. The molecule has 22 heavy (non-hydrogen) atoms. The number of rotatable bonds is 4. The maximum absolute atomic E-state index is 12.1. The van der Waals surface area contributed by atoms with Gasteiger partial charge in [0.05, 0.1) is 6.04 Å². The third-order valence-corrected chi connectivity index (χ3v) is 4.44. The summed E-state index contributed by atoms with van der Waals surface area (Å²) in [4.78, 5) is 12.1. The summed E-state index contributed by atoms with van der Waals surface area (Å²) in [6.45, 7) is 0.737. The number of carbonyl (C=O) groups excluding carboxylic acids is 1. The van der Waals surface area contributed by atoms with Crippen molar-refractivity contribution in [3.63, 3.8) is 0 Å². The van der Waals surface area contributed by atoms with E-state index in [1.54, 1.807) is 0 Å². The molecule has 1 amide bonds. The van der Waals surface area contributed by atoms with Crippen molar-refractivity contribution in [3.8, 4) is 11.5 Å². The summed E-state index contributed by atoms with van der Waals surface area (Å²) >= 11 is 0. The van der Waals surface area contributed by atoms with Crippen LogP contribution in [0.4, 0.5) is 5.69 Å². The summed E-state index contributed by atoms with van der Waals surface area (Å²) in [5.41, 5.74) is 0.764. The Kier molecular flexibility index (Phi) is 5.16. The van der Waals surface area contributed by atoms with Crippen molar-refractivity contribution >= 4 is 11.6 Å². The fraction of sp³-hybridized carbons (Fsp3) is 0.588. The van der Waals surface area contributed by atoms with Crippen molar-refractivity contribution in [1.82, 2.24) is 0 Å². The Bertz CT molecular complexity index is 511. The molecule has 0 spiro atoms. The number of anilines is 1. The quantitative estimate of drug-likeness (QED) is 0.894. The third kappa shape index (κ3) is 4.13. The largest absolute Gasteiger partial charge is 0.454 e. The van der Waals surface area contributed by atoms with Gasteiger partial charge in [-0.05, 0) is 37.8 Å². The molecule has 5 nitrogen and oxygen atoms in total.